The van der Waals surface area contributed by atoms with Crippen molar-refractivity contribution in [2.45, 2.75) is 32.1 Å². The highest BCUT2D eigenvalue weighted by Crippen LogP contribution is 2.51. The van der Waals surface area contributed by atoms with Crippen LogP contribution < -0.4 is 14.9 Å². The number of alkyl halides is 6. The molecule has 260 valence electrons. The van der Waals surface area contributed by atoms with Crippen molar-refractivity contribution in [2.24, 2.45) is 0 Å². The van der Waals surface area contributed by atoms with Crippen LogP contribution in [0.25, 0.3) is 10.3 Å². The number of halogens is 6. The lowest BCUT2D eigenvalue weighted by Crippen LogP contribution is -2.19. The summed E-state index contributed by atoms with van der Waals surface area (Å²) in [5.74, 6) is -7.86. The molecule has 0 radical (unpaired) electrons. The Morgan fingerprint density at radius 3 is 1.61 bits per heavy atom. The van der Waals surface area contributed by atoms with Gasteiger partial charge in [-0.05, 0) is 31.7 Å². The molecular weight excluding hydrogens is 710 g/mol. The maximum absolute atomic E-state index is 14.7. The molecule has 4 aromatic heterocycles. The maximum atomic E-state index is 14.7. The van der Waals surface area contributed by atoms with Gasteiger partial charge in [-0.3, -0.25) is 0 Å². The zero-order chi connectivity index (χ0) is 35.8. The highest BCUT2D eigenvalue weighted by atomic mass is 32.1. The number of esters is 2. The molecule has 0 bridgehead atoms. The molecule has 4 heterocycles. The number of aromatic nitrogens is 6. The fourth-order valence-electron chi connectivity index (χ4n) is 4.71. The lowest BCUT2D eigenvalue weighted by molar-refractivity contribution is -0.280. The number of nitrogens with zero attached hydrogens (tertiary/aromatic N) is 6. The van der Waals surface area contributed by atoms with Crippen LogP contribution in [0.3, 0.4) is 0 Å². The fourth-order valence-corrected chi connectivity index (χ4v) is 6.19. The van der Waals surface area contributed by atoms with Gasteiger partial charge in [-0.25, -0.2) is 28.9 Å². The van der Waals surface area contributed by atoms with Crippen molar-refractivity contribution in [3.63, 3.8) is 0 Å². The molecule has 0 saturated heterocycles. The second kappa shape index (κ2) is 13.4. The predicted molar refractivity (Wildman–Crippen MR) is 153 cm³/mol. The van der Waals surface area contributed by atoms with Gasteiger partial charge in [-0.1, -0.05) is 18.2 Å². The second-order valence-corrected chi connectivity index (χ2v) is 11.3. The Bertz CT molecular complexity index is 1900. The van der Waals surface area contributed by atoms with Crippen LogP contribution in [0.15, 0.2) is 35.0 Å². The first kappa shape index (κ1) is 35.1. The predicted octanol–water partition coefficient (Wildman–Crippen LogP) is 4.70. The molecule has 0 spiro atoms. The molecule has 49 heavy (non-hydrogen) atoms. The third-order valence-corrected chi connectivity index (χ3v) is 8.27. The Hall–Kier alpha value is -5.18. The topological polar surface area (TPSA) is 169 Å². The van der Waals surface area contributed by atoms with Crippen molar-refractivity contribution in [1.29, 1.82) is 0 Å². The largest absolute Gasteiger partial charge is 0.858 e. The minimum absolute atomic E-state index is 0.0683. The van der Waals surface area contributed by atoms with E-state index < -0.39 is 80.3 Å². The van der Waals surface area contributed by atoms with Crippen LogP contribution in [0, 0.1) is 0 Å². The van der Waals surface area contributed by atoms with E-state index in [-0.39, 0.29) is 39.7 Å². The molecule has 0 saturated carbocycles. The van der Waals surface area contributed by atoms with Gasteiger partial charge in [0.2, 0.25) is 10.3 Å². The Morgan fingerprint density at radius 2 is 1.22 bits per heavy atom. The number of para-hydroxylation sites is 1. The van der Waals surface area contributed by atoms with E-state index in [9.17, 15) is 46.1 Å². The fraction of sp³-hybridized carbons (Fsp3) is 0.286. The first-order chi connectivity index (χ1) is 23.1. The molecule has 5 aromatic rings. The summed E-state index contributed by atoms with van der Waals surface area (Å²) in [6.07, 6.45) is -10.9. The Labute approximate surface area is 278 Å². The van der Waals surface area contributed by atoms with E-state index in [1.807, 2.05) is 0 Å². The maximum Gasteiger partial charge on any atom is 0.435 e. The molecule has 0 atom stereocenters. The molecule has 0 aliphatic carbocycles. The molecule has 5 rings (SSSR count). The minimum Gasteiger partial charge on any atom is -0.858 e. The third-order valence-electron chi connectivity index (χ3n) is 6.64. The average Bonchev–Trinajstić information content (AvgIpc) is 3.84. The van der Waals surface area contributed by atoms with E-state index in [1.54, 1.807) is 0 Å². The van der Waals surface area contributed by atoms with Gasteiger partial charge in [-0.2, -0.15) is 36.5 Å². The molecule has 1 aromatic carbocycles. The lowest BCUT2D eigenvalue weighted by Gasteiger charge is -2.27. The SMILES string of the molecule is CCOC(=O)c1csc(-n2nc(C(F)(F)F)c(C(c3ccccc3OC)c3c(C(F)(F)F)nn(-c4nc(C(=O)OCC)cs4)c3[O-])c2[O-])n1. The van der Waals surface area contributed by atoms with Crippen LogP contribution in [0.4, 0.5) is 26.3 Å². The normalized spacial score (nSPS) is 12.0. The number of ether oxygens (including phenoxy) is 3. The Kier molecular flexibility index (Phi) is 9.59. The van der Waals surface area contributed by atoms with Crippen molar-refractivity contribution in [2.75, 3.05) is 20.3 Å². The summed E-state index contributed by atoms with van der Waals surface area (Å²) in [6.45, 7) is 2.84. The van der Waals surface area contributed by atoms with Gasteiger partial charge in [0.1, 0.15) is 5.75 Å². The quantitative estimate of drug-likeness (QED) is 0.144. The van der Waals surface area contributed by atoms with Gasteiger partial charge in [0.05, 0.1) is 20.3 Å². The van der Waals surface area contributed by atoms with Crippen LogP contribution in [-0.4, -0.2) is 61.8 Å². The van der Waals surface area contributed by atoms with E-state index in [0.29, 0.717) is 22.7 Å². The molecule has 0 amide bonds. The van der Waals surface area contributed by atoms with Crippen LogP contribution in [0.5, 0.6) is 17.5 Å². The number of carbonyl (C=O) groups is 2. The first-order valence-electron chi connectivity index (χ1n) is 13.7. The van der Waals surface area contributed by atoms with Crippen LogP contribution in [-0.2, 0) is 21.8 Å². The summed E-state index contributed by atoms with van der Waals surface area (Å²) in [7, 11) is 1.08. The van der Waals surface area contributed by atoms with Gasteiger partial charge in [0, 0.05) is 33.4 Å². The highest BCUT2D eigenvalue weighted by Gasteiger charge is 2.46. The molecule has 13 nitrogen and oxygen atoms in total. The first-order valence-corrected chi connectivity index (χ1v) is 15.5. The molecule has 0 aliphatic rings. The smallest absolute Gasteiger partial charge is 0.435 e. The Balaban J connectivity index is 1.84. The zero-order valence-electron chi connectivity index (χ0n) is 25.1. The van der Waals surface area contributed by atoms with E-state index in [0.717, 1.165) is 23.9 Å². The van der Waals surface area contributed by atoms with Gasteiger partial charge >= 0.3 is 24.3 Å². The second-order valence-electron chi connectivity index (χ2n) is 9.60. The van der Waals surface area contributed by atoms with Gasteiger partial charge in [0.25, 0.3) is 0 Å². The minimum atomic E-state index is -5.47. The van der Waals surface area contributed by atoms with Crippen LogP contribution in [0.1, 0.15) is 68.8 Å². The number of methoxy groups -OCH3 is 1. The number of hydrogen-bond donors (Lipinski definition) is 0. The van der Waals surface area contributed by atoms with Crippen molar-refractivity contribution in [3.8, 4) is 27.8 Å². The number of hydrogen-bond acceptors (Lipinski definition) is 13. The molecular formula is C28H20F6N6O7S2-2. The summed E-state index contributed by atoms with van der Waals surface area (Å²) in [6, 6.07) is 4.87. The number of rotatable bonds is 10. The van der Waals surface area contributed by atoms with Gasteiger partial charge < -0.3 is 24.4 Å². The summed E-state index contributed by atoms with van der Waals surface area (Å²) < 4.78 is 103. The number of benzene rings is 1. The average molecular weight is 731 g/mol. The van der Waals surface area contributed by atoms with Crippen molar-refractivity contribution >= 4 is 34.6 Å². The van der Waals surface area contributed by atoms with Gasteiger partial charge in [0.15, 0.2) is 22.8 Å². The number of thiazole rings is 2. The number of carbonyl (C=O) groups excluding carboxylic acids is 2. The van der Waals surface area contributed by atoms with Crippen LogP contribution in [0.2, 0.25) is 0 Å². The molecule has 21 heteroatoms. The zero-order valence-corrected chi connectivity index (χ0v) is 26.7. The van der Waals surface area contributed by atoms with Gasteiger partial charge in [-0.15, -0.1) is 22.7 Å². The molecule has 0 N–H and O–H groups in total. The van der Waals surface area contributed by atoms with E-state index in [1.165, 1.54) is 32.0 Å². The Morgan fingerprint density at radius 1 is 0.796 bits per heavy atom. The van der Waals surface area contributed by atoms with Crippen LogP contribution >= 0.6 is 22.7 Å². The van der Waals surface area contributed by atoms with Crippen molar-refractivity contribution in [3.05, 3.63) is 74.5 Å². The van der Waals surface area contributed by atoms with Crippen molar-refractivity contribution < 1.29 is 60.4 Å². The monoisotopic (exact) mass is 730 g/mol. The summed E-state index contributed by atoms with van der Waals surface area (Å²) in [4.78, 5) is 32.0. The molecule has 0 unspecified atom stereocenters. The third kappa shape index (κ3) is 6.62. The van der Waals surface area contributed by atoms with Crippen molar-refractivity contribution in [1.82, 2.24) is 29.5 Å². The summed E-state index contributed by atoms with van der Waals surface area (Å²) >= 11 is 1.06. The van der Waals surface area contributed by atoms with E-state index >= 15 is 0 Å². The van der Waals surface area contributed by atoms with E-state index in [4.69, 9.17) is 14.2 Å². The highest BCUT2D eigenvalue weighted by molar-refractivity contribution is 7.12. The summed E-state index contributed by atoms with van der Waals surface area (Å²) in [5.41, 5.74) is -7.87. The summed E-state index contributed by atoms with van der Waals surface area (Å²) in [5, 5.41) is 35.8. The molecule has 0 fully saturated rings. The lowest BCUT2D eigenvalue weighted by atomic mass is 9.83. The van der Waals surface area contributed by atoms with E-state index in [2.05, 4.69) is 20.2 Å². The standard InChI is InChI=1S/C28H22F6N6O7S2/c1-4-46-23(43)13-10-48-25(35-13)39-21(41)17(19(37-39)27(29,30)31)16(12-8-6-7-9-15(12)45-3)18-20(28(32,33)34)38-40(22(18)42)26-36-14(11-49-26)24(44)47-5-2/h6-11,16,41-42H,4-5H2,1-3H3/p-2. The molecule has 0 aliphatic heterocycles.